The van der Waals surface area contributed by atoms with E-state index < -0.39 is 34.7 Å². The molecule has 1 fully saturated rings. The highest BCUT2D eigenvalue weighted by atomic mass is 16.5. The molecule has 1 saturated carbocycles. The molecule has 2 N–H and O–H groups in total. The fourth-order valence-electron chi connectivity index (χ4n) is 4.13. The van der Waals surface area contributed by atoms with Gasteiger partial charge in [-0.15, -0.1) is 13.2 Å². The Hall–Kier alpha value is -2.37. The van der Waals surface area contributed by atoms with Crippen LogP contribution in [0.25, 0.3) is 0 Å². The molecule has 0 amide bonds. The third-order valence-electron chi connectivity index (χ3n) is 5.12. The van der Waals surface area contributed by atoms with E-state index in [1.54, 1.807) is 13.8 Å². The van der Waals surface area contributed by atoms with Gasteiger partial charge in [0.2, 0.25) is 0 Å². The number of ether oxygens (including phenoxy) is 1. The van der Waals surface area contributed by atoms with Crippen LogP contribution in [0.4, 0.5) is 0 Å². The summed E-state index contributed by atoms with van der Waals surface area (Å²) >= 11 is 0. The first-order valence-corrected chi connectivity index (χ1v) is 8.55. The Morgan fingerprint density at radius 3 is 2.08 bits per heavy atom. The lowest BCUT2D eigenvalue weighted by Crippen LogP contribution is -2.57. The van der Waals surface area contributed by atoms with Crippen LogP contribution in [0.3, 0.4) is 0 Å². The normalized spacial score (nSPS) is 28.0. The first-order chi connectivity index (χ1) is 12.0. The van der Waals surface area contributed by atoms with Gasteiger partial charge in [-0.3, -0.25) is 14.4 Å². The molecule has 0 aromatic carbocycles. The lowest BCUT2D eigenvalue weighted by Gasteiger charge is -2.51. The molecule has 3 atom stereocenters. The number of hydrogen-bond acceptors (Lipinski definition) is 4. The van der Waals surface area contributed by atoms with Crippen molar-refractivity contribution >= 4 is 17.9 Å². The monoisotopic (exact) mass is 364 g/mol. The van der Waals surface area contributed by atoms with Gasteiger partial charge < -0.3 is 14.9 Å². The quantitative estimate of drug-likeness (QED) is 0.479. The third kappa shape index (κ3) is 4.06. The van der Waals surface area contributed by atoms with Crippen molar-refractivity contribution in [2.45, 2.75) is 46.0 Å². The summed E-state index contributed by atoms with van der Waals surface area (Å²) < 4.78 is 5.28. The summed E-state index contributed by atoms with van der Waals surface area (Å²) in [5.41, 5.74) is -1.79. The zero-order chi connectivity index (χ0) is 20.1. The smallest absolute Gasteiger partial charge is 0.313 e. The Morgan fingerprint density at radius 1 is 1.12 bits per heavy atom. The number of carbonyl (C=O) groups is 3. The topological polar surface area (TPSA) is 101 Å². The van der Waals surface area contributed by atoms with E-state index in [1.807, 2.05) is 0 Å². The van der Waals surface area contributed by atoms with Gasteiger partial charge in [0.15, 0.2) is 0 Å². The predicted octanol–water partition coefficient (Wildman–Crippen LogP) is 3.59. The maximum absolute atomic E-state index is 13.0. The van der Waals surface area contributed by atoms with Gasteiger partial charge in [-0.05, 0) is 46.0 Å². The first-order valence-electron chi connectivity index (χ1n) is 8.55. The van der Waals surface area contributed by atoms with Crippen molar-refractivity contribution in [1.82, 2.24) is 0 Å². The van der Waals surface area contributed by atoms with E-state index in [0.717, 1.165) is 0 Å². The molecule has 0 radical (unpaired) electrons. The molecule has 1 aliphatic rings. The van der Waals surface area contributed by atoms with Crippen molar-refractivity contribution in [2.24, 2.45) is 16.7 Å². The second-order valence-corrected chi connectivity index (χ2v) is 7.40. The van der Waals surface area contributed by atoms with Gasteiger partial charge in [0.05, 0.1) is 16.7 Å². The molecular weight excluding hydrogens is 336 g/mol. The van der Waals surface area contributed by atoms with E-state index in [2.05, 4.69) is 19.7 Å². The Labute approximate surface area is 154 Å². The van der Waals surface area contributed by atoms with Gasteiger partial charge in [-0.1, -0.05) is 23.8 Å². The first kappa shape index (κ1) is 21.7. The van der Waals surface area contributed by atoms with Gasteiger partial charge in [-0.2, -0.15) is 0 Å². The lowest BCUT2D eigenvalue weighted by molar-refractivity contribution is -0.188. The molecule has 1 aliphatic carbocycles. The van der Waals surface area contributed by atoms with E-state index in [4.69, 9.17) is 4.74 Å². The van der Waals surface area contributed by atoms with Gasteiger partial charge in [0.25, 0.3) is 0 Å². The average molecular weight is 364 g/mol. The predicted molar refractivity (Wildman–Crippen MR) is 97.5 cm³/mol. The molecule has 0 aromatic heterocycles. The van der Waals surface area contributed by atoms with Crippen LogP contribution in [0.5, 0.6) is 0 Å². The summed E-state index contributed by atoms with van der Waals surface area (Å²) in [6.45, 7) is 14.5. The van der Waals surface area contributed by atoms with E-state index in [1.165, 1.54) is 6.08 Å². The molecule has 0 heterocycles. The summed E-state index contributed by atoms with van der Waals surface area (Å²) in [5.74, 6) is -3.74. The number of aliphatic carboxylic acids is 2. The summed E-state index contributed by atoms with van der Waals surface area (Å²) in [7, 11) is 0. The fraction of sp³-hybridized carbons (Fsp3) is 0.550. The van der Waals surface area contributed by atoms with Crippen LogP contribution in [-0.2, 0) is 19.1 Å². The molecule has 26 heavy (non-hydrogen) atoms. The molecule has 3 unspecified atom stereocenters. The van der Waals surface area contributed by atoms with Crippen molar-refractivity contribution in [3.63, 3.8) is 0 Å². The van der Waals surface area contributed by atoms with Gasteiger partial charge in [0, 0.05) is 0 Å². The van der Waals surface area contributed by atoms with Crippen LogP contribution in [0.1, 0.15) is 46.0 Å². The lowest BCUT2D eigenvalue weighted by atomic mass is 9.50. The molecule has 6 nitrogen and oxygen atoms in total. The average Bonchev–Trinajstić information content (AvgIpc) is 2.52. The number of carboxylic acids is 2. The molecule has 0 aromatic rings. The molecule has 0 spiro atoms. The maximum Gasteiger partial charge on any atom is 0.313 e. The van der Waals surface area contributed by atoms with Crippen molar-refractivity contribution in [2.75, 3.05) is 6.61 Å². The Kier molecular flexibility index (Phi) is 6.95. The van der Waals surface area contributed by atoms with Crippen LogP contribution < -0.4 is 0 Å². The molecule has 144 valence electrons. The molecule has 0 aliphatic heterocycles. The van der Waals surface area contributed by atoms with Crippen molar-refractivity contribution in [1.29, 1.82) is 0 Å². The summed E-state index contributed by atoms with van der Waals surface area (Å²) in [4.78, 5) is 37.1. The number of carbonyl (C=O) groups excluding carboxylic acids is 1. The van der Waals surface area contributed by atoms with Crippen molar-refractivity contribution < 1.29 is 29.3 Å². The summed E-state index contributed by atoms with van der Waals surface area (Å²) in [6.07, 6.45) is 1.69. The van der Waals surface area contributed by atoms with E-state index >= 15 is 0 Å². The second-order valence-electron chi connectivity index (χ2n) is 7.40. The minimum absolute atomic E-state index is 0.00256. The Morgan fingerprint density at radius 2 is 1.65 bits per heavy atom. The summed E-state index contributed by atoms with van der Waals surface area (Å²) in [5, 5.41) is 19.6. The minimum atomic E-state index is -1.61. The van der Waals surface area contributed by atoms with Gasteiger partial charge in [0.1, 0.15) is 6.61 Å². The second kappa shape index (κ2) is 8.34. The van der Waals surface area contributed by atoms with Crippen molar-refractivity contribution in [3.05, 3.63) is 37.0 Å². The highest BCUT2D eigenvalue weighted by Crippen LogP contribution is 2.59. The maximum atomic E-state index is 13.0. The summed E-state index contributed by atoms with van der Waals surface area (Å²) in [6, 6.07) is 0. The molecular formula is C20H28O6. The Bertz CT molecular complexity index is 634. The van der Waals surface area contributed by atoms with Crippen LogP contribution in [0.2, 0.25) is 0 Å². The fourth-order valence-corrected chi connectivity index (χ4v) is 4.13. The molecule has 6 heteroatoms. The van der Waals surface area contributed by atoms with E-state index in [-0.39, 0.29) is 38.7 Å². The third-order valence-corrected chi connectivity index (χ3v) is 5.12. The zero-order valence-electron chi connectivity index (χ0n) is 15.5. The van der Waals surface area contributed by atoms with Crippen LogP contribution in [0.15, 0.2) is 37.0 Å². The number of hydrogen-bond donors (Lipinski definition) is 2. The van der Waals surface area contributed by atoms with E-state index in [9.17, 15) is 24.6 Å². The Balaban J connectivity index is 3.62. The van der Waals surface area contributed by atoms with Crippen molar-refractivity contribution in [3.8, 4) is 0 Å². The van der Waals surface area contributed by atoms with E-state index in [0.29, 0.717) is 11.1 Å². The zero-order valence-corrected chi connectivity index (χ0v) is 15.5. The number of carboxylic acid groups (broad SMARTS) is 2. The van der Waals surface area contributed by atoms with Crippen LogP contribution in [-0.4, -0.2) is 34.7 Å². The SMILES string of the molecule is C=CCOC(=O)C1(CC(=C)C)CCC(C(=O)O)CC1(CC(=C)C)C(=O)O. The van der Waals surface area contributed by atoms with Gasteiger partial charge in [-0.25, -0.2) is 0 Å². The van der Waals surface area contributed by atoms with Crippen LogP contribution in [0, 0.1) is 16.7 Å². The standard InChI is InChI=1S/C20H28O6/c1-6-9-26-18(25)19(10-13(2)3)8-7-15(16(21)22)12-20(19,17(23)24)11-14(4)5/h6,15H,1-2,4,7-12H2,3,5H3,(H,21,22)(H,23,24). The highest BCUT2D eigenvalue weighted by Gasteiger charge is 2.64. The largest absolute Gasteiger partial charge is 0.481 e. The minimum Gasteiger partial charge on any atom is -0.481 e. The number of rotatable bonds is 9. The molecule has 1 rings (SSSR count). The number of esters is 1. The van der Waals surface area contributed by atoms with Crippen LogP contribution >= 0.6 is 0 Å². The molecule has 0 saturated heterocycles. The van der Waals surface area contributed by atoms with Gasteiger partial charge >= 0.3 is 17.9 Å². The highest BCUT2D eigenvalue weighted by molar-refractivity contribution is 5.89. The number of allylic oxidation sites excluding steroid dienone is 2. The molecule has 0 bridgehead atoms.